The number of benzene rings is 2. The molecular weight excluding hydrogens is 346 g/mol. The van der Waals surface area contributed by atoms with E-state index >= 15 is 0 Å². The fraction of sp³-hybridized carbons (Fsp3) is 0.250. The maximum atomic E-state index is 11.8. The van der Waals surface area contributed by atoms with Gasteiger partial charge in [-0.2, -0.15) is 5.10 Å². The van der Waals surface area contributed by atoms with Crippen LogP contribution in [0.25, 0.3) is 0 Å². The Bertz CT molecular complexity index is 834. The Labute approximate surface area is 158 Å². The first-order chi connectivity index (χ1) is 13.0. The summed E-state index contributed by atoms with van der Waals surface area (Å²) in [7, 11) is 3.13. The number of nitrogens with one attached hydrogen (secondary N) is 2. The summed E-state index contributed by atoms with van der Waals surface area (Å²) in [6.07, 6.45) is 2.05. The lowest BCUT2D eigenvalue weighted by Crippen LogP contribution is -2.38. The van der Waals surface area contributed by atoms with Crippen molar-refractivity contribution in [3.05, 3.63) is 59.2 Å². The van der Waals surface area contributed by atoms with Crippen LogP contribution in [0.5, 0.6) is 11.5 Å². The van der Waals surface area contributed by atoms with E-state index in [1.54, 1.807) is 20.3 Å². The Kier molecular flexibility index (Phi) is 7.37. The number of methoxy groups -OCH3 is 2. The molecule has 0 radical (unpaired) electrons. The lowest BCUT2D eigenvalue weighted by Gasteiger charge is -2.10. The highest BCUT2D eigenvalue weighted by Crippen LogP contribution is 2.27. The number of amides is 2. The van der Waals surface area contributed by atoms with Crippen LogP contribution >= 0.6 is 0 Å². The highest BCUT2D eigenvalue weighted by molar-refractivity contribution is 6.35. The molecule has 7 nitrogen and oxygen atoms in total. The number of ether oxygens (including phenoxy) is 2. The molecule has 0 aliphatic rings. The van der Waals surface area contributed by atoms with Crippen molar-refractivity contribution in [2.75, 3.05) is 20.8 Å². The van der Waals surface area contributed by atoms with Crippen molar-refractivity contribution in [1.29, 1.82) is 0 Å². The van der Waals surface area contributed by atoms with Gasteiger partial charge in [-0.05, 0) is 42.2 Å². The number of carbonyl (C=O) groups is 2. The van der Waals surface area contributed by atoms with Crippen LogP contribution in [0.15, 0.2) is 47.6 Å². The molecule has 2 aromatic carbocycles. The Balaban J connectivity index is 1.80. The fourth-order valence-corrected chi connectivity index (χ4v) is 2.38. The zero-order valence-electron chi connectivity index (χ0n) is 15.6. The van der Waals surface area contributed by atoms with E-state index in [1.165, 1.54) is 6.21 Å². The molecular formula is C20H23N3O4. The summed E-state index contributed by atoms with van der Waals surface area (Å²) in [4.78, 5) is 23.6. The van der Waals surface area contributed by atoms with Gasteiger partial charge in [0, 0.05) is 6.54 Å². The van der Waals surface area contributed by atoms with E-state index < -0.39 is 11.8 Å². The molecule has 7 heteroatoms. The quantitative estimate of drug-likeness (QED) is 0.443. The standard InChI is InChI=1S/C20H23N3O4/c1-14-6-4-5-7-16(14)13-22-23-20(25)19(24)21-11-10-15-8-9-17(26-2)18(12-15)27-3/h4-9,12-13H,10-11H2,1-3H3,(H,21,24)(H,23,25)/b22-13-. The van der Waals surface area contributed by atoms with Crippen molar-refractivity contribution in [2.45, 2.75) is 13.3 Å². The number of hydrazone groups is 1. The maximum Gasteiger partial charge on any atom is 0.329 e. The van der Waals surface area contributed by atoms with Crippen molar-refractivity contribution in [3.63, 3.8) is 0 Å². The van der Waals surface area contributed by atoms with Gasteiger partial charge in [0.25, 0.3) is 0 Å². The highest BCUT2D eigenvalue weighted by Gasteiger charge is 2.12. The summed E-state index contributed by atoms with van der Waals surface area (Å²) in [6, 6.07) is 13.1. The number of hydrogen-bond donors (Lipinski definition) is 2. The van der Waals surface area contributed by atoms with E-state index in [0.717, 1.165) is 16.7 Å². The largest absolute Gasteiger partial charge is 0.493 e. The van der Waals surface area contributed by atoms with Crippen LogP contribution in [0.1, 0.15) is 16.7 Å². The minimum Gasteiger partial charge on any atom is -0.493 e. The first-order valence-corrected chi connectivity index (χ1v) is 8.43. The van der Waals surface area contributed by atoms with E-state index in [1.807, 2.05) is 43.3 Å². The van der Waals surface area contributed by atoms with Crippen molar-refractivity contribution in [1.82, 2.24) is 10.7 Å². The van der Waals surface area contributed by atoms with Crippen LogP contribution < -0.4 is 20.2 Å². The van der Waals surface area contributed by atoms with Gasteiger partial charge in [0.1, 0.15) is 0 Å². The second-order valence-electron chi connectivity index (χ2n) is 5.75. The average molecular weight is 369 g/mol. The van der Waals surface area contributed by atoms with E-state index in [4.69, 9.17) is 9.47 Å². The zero-order chi connectivity index (χ0) is 19.6. The number of nitrogens with zero attached hydrogens (tertiary/aromatic N) is 1. The third-order valence-corrected chi connectivity index (χ3v) is 3.91. The van der Waals surface area contributed by atoms with Gasteiger partial charge in [-0.1, -0.05) is 30.3 Å². The Morgan fingerprint density at radius 2 is 1.78 bits per heavy atom. The molecule has 0 spiro atoms. The van der Waals surface area contributed by atoms with Crippen LogP contribution in [0.2, 0.25) is 0 Å². The van der Waals surface area contributed by atoms with Crippen LogP contribution in [-0.4, -0.2) is 38.8 Å². The van der Waals surface area contributed by atoms with Gasteiger partial charge in [0.15, 0.2) is 11.5 Å². The lowest BCUT2D eigenvalue weighted by atomic mass is 10.1. The fourth-order valence-electron chi connectivity index (χ4n) is 2.38. The first kappa shape index (κ1) is 20.0. The molecule has 0 bridgehead atoms. The number of hydrogen-bond acceptors (Lipinski definition) is 5. The molecule has 0 aliphatic heterocycles. The van der Waals surface area contributed by atoms with Crippen LogP contribution in [0, 0.1) is 6.92 Å². The average Bonchev–Trinajstić information content (AvgIpc) is 2.69. The molecule has 0 heterocycles. The number of rotatable bonds is 7. The highest BCUT2D eigenvalue weighted by atomic mass is 16.5. The zero-order valence-corrected chi connectivity index (χ0v) is 15.6. The van der Waals surface area contributed by atoms with Crippen LogP contribution in [0.3, 0.4) is 0 Å². The molecule has 0 aromatic heterocycles. The third-order valence-electron chi connectivity index (χ3n) is 3.91. The molecule has 0 unspecified atom stereocenters. The molecule has 27 heavy (non-hydrogen) atoms. The third kappa shape index (κ3) is 5.85. The number of aryl methyl sites for hydroxylation is 1. The first-order valence-electron chi connectivity index (χ1n) is 8.43. The second-order valence-corrected chi connectivity index (χ2v) is 5.75. The van der Waals surface area contributed by atoms with E-state index in [2.05, 4.69) is 15.8 Å². The molecule has 2 rings (SSSR count). The molecule has 0 saturated heterocycles. The van der Waals surface area contributed by atoms with E-state index in [9.17, 15) is 9.59 Å². The Hall–Kier alpha value is -3.35. The summed E-state index contributed by atoms with van der Waals surface area (Å²) >= 11 is 0. The summed E-state index contributed by atoms with van der Waals surface area (Å²) in [6.45, 7) is 2.24. The monoisotopic (exact) mass is 369 g/mol. The second kappa shape index (κ2) is 9.96. The predicted molar refractivity (Wildman–Crippen MR) is 103 cm³/mol. The summed E-state index contributed by atoms with van der Waals surface area (Å²) < 4.78 is 10.4. The molecule has 0 saturated carbocycles. The van der Waals surface area contributed by atoms with E-state index in [-0.39, 0.29) is 0 Å². The summed E-state index contributed by atoms with van der Waals surface area (Å²) in [5, 5.41) is 6.38. The lowest BCUT2D eigenvalue weighted by molar-refractivity contribution is -0.139. The van der Waals surface area contributed by atoms with Gasteiger partial charge >= 0.3 is 11.8 Å². The molecule has 0 aliphatic carbocycles. The predicted octanol–water partition coefficient (Wildman–Crippen LogP) is 1.82. The minimum absolute atomic E-state index is 0.309. The maximum absolute atomic E-state index is 11.8. The molecule has 2 amide bonds. The normalized spacial score (nSPS) is 10.5. The van der Waals surface area contributed by atoms with Crippen molar-refractivity contribution in [2.24, 2.45) is 5.10 Å². The van der Waals surface area contributed by atoms with Gasteiger partial charge in [-0.25, -0.2) is 5.43 Å². The van der Waals surface area contributed by atoms with Crippen molar-refractivity contribution >= 4 is 18.0 Å². The van der Waals surface area contributed by atoms with Gasteiger partial charge in [0.05, 0.1) is 20.4 Å². The summed E-state index contributed by atoms with van der Waals surface area (Å²) in [5.41, 5.74) is 5.06. The van der Waals surface area contributed by atoms with Crippen LogP contribution in [0.4, 0.5) is 0 Å². The molecule has 142 valence electrons. The topological polar surface area (TPSA) is 89.0 Å². The van der Waals surface area contributed by atoms with Gasteiger partial charge in [-0.15, -0.1) is 0 Å². The van der Waals surface area contributed by atoms with Gasteiger partial charge in [0.2, 0.25) is 0 Å². The van der Waals surface area contributed by atoms with Crippen LogP contribution in [-0.2, 0) is 16.0 Å². The van der Waals surface area contributed by atoms with Crippen molar-refractivity contribution < 1.29 is 19.1 Å². The van der Waals surface area contributed by atoms with E-state index in [0.29, 0.717) is 24.5 Å². The van der Waals surface area contributed by atoms with Gasteiger partial charge in [-0.3, -0.25) is 9.59 Å². The molecule has 2 N–H and O–H groups in total. The van der Waals surface area contributed by atoms with Gasteiger partial charge < -0.3 is 14.8 Å². The number of carbonyl (C=O) groups excluding carboxylic acids is 2. The molecule has 0 atom stereocenters. The SMILES string of the molecule is COc1ccc(CCNC(=O)C(=O)N/N=C\c2ccccc2C)cc1OC. The molecule has 2 aromatic rings. The Morgan fingerprint density at radius 1 is 1.04 bits per heavy atom. The molecule has 0 fully saturated rings. The Morgan fingerprint density at radius 3 is 2.48 bits per heavy atom. The minimum atomic E-state index is -0.813. The van der Waals surface area contributed by atoms with Crippen molar-refractivity contribution in [3.8, 4) is 11.5 Å². The smallest absolute Gasteiger partial charge is 0.329 e. The summed E-state index contributed by atoms with van der Waals surface area (Å²) in [5.74, 6) is -0.301.